The predicted molar refractivity (Wildman–Crippen MR) is 88.8 cm³/mol. The first-order valence-electron chi connectivity index (χ1n) is 6.88. The van der Waals surface area contributed by atoms with Gasteiger partial charge in [0.05, 0.1) is 16.8 Å². The van der Waals surface area contributed by atoms with Gasteiger partial charge in [-0.15, -0.1) is 0 Å². The third-order valence-electron chi connectivity index (χ3n) is 3.11. The molecule has 1 N–H and O–H groups in total. The molecule has 0 saturated heterocycles. The average Bonchev–Trinajstić information content (AvgIpc) is 2.55. The number of benzene rings is 2. The number of halogens is 2. The number of carbonyl (C=O) groups is 2. The Morgan fingerprint density at radius 3 is 2.67 bits per heavy atom. The van der Waals surface area contributed by atoms with Crippen molar-refractivity contribution >= 4 is 33.5 Å². The fourth-order valence-corrected chi connectivity index (χ4v) is 2.19. The zero-order chi connectivity index (χ0) is 17.7. The van der Waals surface area contributed by atoms with Crippen molar-refractivity contribution in [2.75, 3.05) is 5.32 Å². The van der Waals surface area contributed by atoms with Crippen LogP contribution >= 0.6 is 15.9 Å². The van der Waals surface area contributed by atoms with E-state index in [9.17, 15) is 14.0 Å². The lowest BCUT2D eigenvalue weighted by Gasteiger charge is -2.14. The van der Waals surface area contributed by atoms with Gasteiger partial charge in [-0.2, -0.15) is 5.26 Å². The second kappa shape index (κ2) is 7.70. The van der Waals surface area contributed by atoms with Crippen LogP contribution in [0.1, 0.15) is 22.8 Å². The lowest BCUT2D eigenvalue weighted by atomic mass is 10.2. The topological polar surface area (TPSA) is 79.2 Å². The molecule has 122 valence electrons. The number of carbonyl (C=O) groups excluding carboxylic acids is 2. The van der Waals surface area contributed by atoms with Gasteiger partial charge in [0.1, 0.15) is 11.9 Å². The summed E-state index contributed by atoms with van der Waals surface area (Å²) in [6.45, 7) is 1.36. The van der Waals surface area contributed by atoms with Crippen LogP contribution in [0.4, 0.5) is 10.1 Å². The lowest BCUT2D eigenvalue weighted by molar-refractivity contribution is -0.123. The van der Waals surface area contributed by atoms with Crippen LogP contribution in [0.25, 0.3) is 0 Å². The number of nitriles is 1. The fourth-order valence-electron chi connectivity index (χ4n) is 1.86. The normalized spacial score (nSPS) is 11.2. The molecule has 2 rings (SSSR count). The largest absolute Gasteiger partial charge is 0.449 e. The van der Waals surface area contributed by atoms with E-state index >= 15 is 0 Å². The van der Waals surface area contributed by atoms with Gasteiger partial charge in [-0.25, -0.2) is 9.18 Å². The number of anilines is 1. The Bertz CT molecular complexity index is 833. The maximum absolute atomic E-state index is 13.7. The van der Waals surface area contributed by atoms with E-state index in [1.54, 1.807) is 24.3 Å². The maximum Gasteiger partial charge on any atom is 0.341 e. The van der Waals surface area contributed by atoms with Crippen molar-refractivity contribution in [1.29, 1.82) is 5.26 Å². The first-order chi connectivity index (χ1) is 11.4. The van der Waals surface area contributed by atoms with E-state index in [1.807, 2.05) is 6.07 Å². The molecule has 0 bridgehead atoms. The highest BCUT2D eigenvalue weighted by molar-refractivity contribution is 9.10. The van der Waals surface area contributed by atoms with E-state index in [0.29, 0.717) is 10.2 Å². The number of rotatable bonds is 4. The Morgan fingerprint density at radius 2 is 2.00 bits per heavy atom. The Hall–Kier alpha value is -2.72. The minimum atomic E-state index is -1.16. The monoisotopic (exact) mass is 390 g/mol. The van der Waals surface area contributed by atoms with E-state index in [2.05, 4.69) is 21.2 Å². The lowest BCUT2D eigenvalue weighted by Crippen LogP contribution is -2.30. The smallest absolute Gasteiger partial charge is 0.341 e. The van der Waals surface area contributed by atoms with Gasteiger partial charge < -0.3 is 10.1 Å². The minimum absolute atomic E-state index is 0.268. The van der Waals surface area contributed by atoms with Gasteiger partial charge in [-0.05, 0) is 37.3 Å². The predicted octanol–water partition coefficient (Wildman–Crippen LogP) is 3.64. The summed E-state index contributed by atoms with van der Waals surface area (Å²) >= 11 is 3.09. The molecule has 0 unspecified atom stereocenters. The SMILES string of the molecule is C[C@H](OC(=O)c1ccc(Br)cc1F)C(=O)Nc1ccccc1C#N. The van der Waals surface area contributed by atoms with Crippen molar-refractivity contribution in [3.63, 3.8) is 0 Å². The summed E-state index contributed by atoms with van der Waals surface area (Å²) in [5.74, 6) is -2.32. The van der Waals surface area contributed by atoms with Crippen LogP contribution in [0, 0.1) is 17.1 Å². The summed E-state index contributed by atoms with van der Waals surface area (Å²) in [6.07, 6.45) is -1.16. The van der Waals surface area contributed by atoms with Crippen molar-refractivity contribution in [2.45, 2.75) is 13.0 Å². The summed E-state index contributed by atoms with van der Waals surface area (Å²) in [6, 6.07) is 12.2. The van der Waals surface area contributed by atoms with Crippen molar-refractivity contribution < 1.29 is 18.7 Å². The third-order valence-corrected chi connectivity index (χ3v) is 3.60. The minimum Gasteiger partial charge on any atom is -0.449 e. The fraction of sp³-hybridized carbons (Fsp3) is 0.118. The molecule has 0 spiro atoms. The van der Waals surface area contributed by atoms with E-state index in [-0.39, 0.29) is 11.1 Å². The molecule has 0 saturated carbocycles. The summed E-state index contributed by atoms with van der Waals surface area (Å²) in [4.78, 5) is 24.0. The van der Waals surface area contributed by atoms with Gasteiger partial charge in [-0.3, -0.25) is 4.79 Å². The summed E-state index contributed by atoms with van der Waals surface area (Å²) in [7, 11) is 0. The Labute approximate surface area is 146 Å². The van der Waals surface area contributed by atoms with E-state index in [1.165, 1.54) is 19.1 Å². The van der Waals surface area contributed by atoms with E-state index in [4.69, 9.17) is 10.00 Å². The summed E-state index contributed by atoms with van der Waals surface area (Å²) in [5, 5.41) is 11.5. The number of hydrogen-bond donors (Lipinski definition) is 1. The molecular weight excluding hydrogens is 379 g/mol. The third kappa shape index (κ3) is 4.18. The second-order valence-corrected chi connectivity index (χ2v) is 5.73. The second-order valence-electron chi connectivity index (χ2n) is 4.82. The number of para-hydroxylation sites is 1. The van der Waals surface area contributed by atoms with Crippen LogP contribution in [0.5, 0.6) is 0 Å². The Morgan fingerprint density at radius 1 is 1.29 bits per heavy atom. The highest BCUT2D eigenvalue weighted by atomic mass is 79.9. The van der Waals surface area contributed by atoms with Gasteiger partial charge >= 0.3 is 5.97 Å². The number of hydrogen-bond acceptors (Lipinski definition) is 4. The van der Waals surface area contributed by atoms with Crippen LogP contribution in [0.15, 0.2) is 46.9 Å². The van der Waals surface area contributed by atoms with Gasteiger partial charge in [0.25, 0.3) is 5.91 Å². The van der Waals surface area contributed by atoms with Gasteiger partial charge in [0.15, 0.2) is 6.10 Å². The zero-order valence-electron chi connectivity index (χ0n) is 12.5. The molecule has 0 aromatic heterocycles. The highest BCUT2D eigenvalue weighted by Crippen LogP contribution is 2.17. The van der Waals surface area contributed by atoms with Crippen molar-refractivity contribution in [3.8, 4) is 6.07 Å². The highest BCUT2D eigenvalue weighted by Gasteiger charge is 2.21. The standard InChI is InChI=1S/C17H12BrFN2O3/c1-10(16(22)21-15-5-3-2-4-11(15)9-20)24-17(23)13-7-6-12(18)8-14(13)19/h2-8,10H,1H3,(H,21,22)/t10-/m0/s1. The van der Waals surface area contributed by atoms with Crippen LogP contribution in [0.2, 0.25) is 0 Å². The Kier molecular flexibility index (Phi) is 5.66. The van der Waals surface area contributed by atoms with Crippen LogP contribution in [-0.2, 0) is 9.53 Å². The maximum atomic E-state index is 13.7. The molecule has 0 aliphatic heterocycles. The molecule has 2 aromatic carbocycles. The number of ether oxygens (including phenoxy) is 1. The molecular formula is C17H12BrFN2O3. The van der Waals surface area contributed by atoms with Crippen molar-refractivity contribution in [2.24, 2.45) is 0 Å². The molecule has 5 nitrogen and oxygen atoms in total. The average molecular weight is 391 g/mol. The molecule has 0 aliphatic rings. The number of nitrogens with zero attached hydrogens (tertiary/aromatic N) is 1. The molecule has 1 atom stereocenters. The van der Waals surface area contributed by atoms with Gasteiger partial charge in [-0.1, -0.05) is 28.1 Å². The molecule has 1 amide bonds. The first-order valence-corrected chi connectivity index (χ1v) is 7.67. The summed E-state index contributed by atoms with van der Waals surface area (Å²) < 4.78 is 19.2. The molecule has 0 heterocycles. The Balaban J connectivity index is 2.06. The molecule has 0 fully saturated rings. The van der Waals surface area contributed by atoms with E-state index < -0.39 is 23.8 Å². The molecule has 2 aromatic rings. The van der Waals surface area contributed by atoms with Crippen molar-refractivity contribution in [1.82, 2.24) is 0 Å². The molecule has 7 heteroatoms. The van der Waals surface area contributed by atoms with Gasteiger partial charge in [0.2, 0.25) is 0 Å². The van der Waals surface area contributed by atoms with Crippen LogP contribution < -0.4 is 5.32 Å². The number of esters is 1. The first kappa shape index (κ1) is 17.6. The zero-order valence-corrected chi connectivity index (χ0v) is 14.1. The number of nitrogens with one attached hydrogen (secondary N) is 1. The van der Waals surface area contributed by atoms with Crippen LogP contribution in [-0.4, -0.2) is 18.0 Å². The van der Waals surface area contributed by atoms with Gasteiger partial charge in [0, 0.05) is 4.47 Å². The van der Waals surface area contributed by atoms with Crippen LogP contribution in [0.3, 0.4) is 0 Å². The quantitative estimate of drug-likeness (QED) is 0.808. The molecule has 0 radical (unpaired) electrons. The van der Waals surface area contributed by atoms with Crippen molar-refractivity contribution in [3.05, 3.63) is 63.9 Å². The van der Waals surface area contributed by atoms with E-state index in [0.717, 1.165) is 6.07 Å². The molecule has 24 heavy (non-hydrogen) atoms. The number of amides is 1. The molecule has 0 aliphatic carbocycles. The summed E-state index contributed by atoms with van der Waals surface area (Å²) in [5.41, 5.74) is 0.321.